The average molecular weight is 1250 g/mol. The summed E-state index contributed by atoms with van der Waals surface area (Å²) >= 11 is 6.28. The molecule has 0 spiro atoms. The number of nitrogens with one attached hydrogen (secondary N) is 4. The number of benzene rings is 4. The molecule has 5 aliphatic rings. The number of piperidine rings is 2. The summed E-state index contributed by atoms with van der Waals surface area (Å²) in [6.07, 6.45) is 16.0. The summed E-state index contributed by atoms with van der Waals surface area (Å²) in [4.78, 5) is 79.5. The maximum atomic E-state index is 14.2. The third-order valence-electron chi connectivity index (χ3n) is 18.0. The normalized spacial score (nSPS) is 19.0. The van der Waals surface area contributed by atoms with Crippen molar-refractivity contribution in [3.05, 3.63) is 152 Å². The van der Waals surface area contributed by atoms with E-state index in [1.165, 1.54) is 35.0 Å². The summed E-state index contributed by atoms with van der Waals surface area (Å²) < 4.78 is 36.6. The molecule has 4 N–H and O–H groups in total. The molecule has 1 aliphatic carbocycles. The van der Waals surface area contributed by atoms with Crippen LogP contribution in [-0.2, 0) is 26.2 Å². The second-order valence-electron chi connectivity index (χ2n) is 25.0. The lowest BCUT2D eigenvalue weighted by Crippen LogP contribution is -2.52. The summed E-state index contributed by atoms with van der Waals surface area (Å²) in [6.45, 7) is 12.2. The van der Waals surface area contributed by atoms with Crippen molar-refractivity contribution >= 4 is 78.9 Å². The Bertz CT molecular complexity index is 3870. The Morgan fingerprint density at radius 3 is 2.49 bits per heavy atom. The summed E-state index contributed by atoms with van der Waals surface area (Å²) in [5.41, 5.74) is 7.54. The first-order valence-electron chi connectivity index (χ1n) is 31.2. The molecule has 19 nitrogen and oxygen atoms in total. The highest BCUT2D eigenvalue weighted by Gasteiger charge is 2.40. The number of anilines is 2. The number of rotatable bonds is 22. The molecule has 0 saturated carbocycles. The summed E-state index contributed by atoms with van der Waals surface area (Å²) in [7, 11) is -4.62. The largest absolute Gasteiger partial charge is 0.455 e. The number of aromatic nitrogens is 2. The fourth-order valence-electron chi connectivity index (χ4n) is 13.1. The van der Waals surface area contributed by atoms with Gasteiger partial charge in [-0.3, -0.25) is 39.5 Å². The Morgan fingerprint density at radius 1 is 0.899 bits per heavy atom. The number of carbonyl (C=O) groups is 4. The molecule has 0 radical (unpaired) electrons. The number of pyridine rings is 1. The van der Waals surface area contributed by atoms with Crippen molar-refractivity contribution in [1.82, 2.24) is 34.7 Å². The van der Waals surface area contributed by atoms with Crippen molar-refractivity contribution in [3.8, 4) is 23.3 Å². The molecule has 2 unspecified atom stereocenters. The van der Waals surface area contributed by atoms with Gasteiger partial charge in [0.05, 0.1) is 27.1 Å². The number of ether oxygens (including phenoxy) is 1. The first kappa shape index (κ1) is 62.5. The van der Waals surface area contributed by atoms with E-state index in [0.717, 1.165) is 144 Å². The van der Waals surface area contributed by atoms with Gasteiger partial charge in [-0.1, -0.05) is 92.8 Å². The van der Waals surface area contributed by atoms with Crippen LogP contribution < -0.4 is 25.0 Å². The Morgan fingerprint density at radius 2 is 1.70 bits per heavy atom. The molecule has 4 aliphatic heterocycles. The van der Waals surface area contributed by atoms with Crippen LogP contribution in [0, 0.1) is 33.3 Å². The number of nitrogens with zero attached hydrogens (tertiary/aromatic N) is 6. The molecule has 2 atom stereocenters. The van der Waals surface area contributed by atoms with Crippen LogP contribution in [0.25, 0.3) is 16.6 Å². The molecule has 2 aromatic heterocycles. The second kappa shape index (κ2) is 27.7. The standard InChI is InChI=1S/C68H77ClN10O9S/c1-68(2)29-27-50(57(40-68)47-17-19-52(69)20-18-47)44-76-33-35-77(36-34-76)53-21-23-56(61(38-53)88-54-37-49-28-30-70-64(49)72-42-54)65(81)74-89(86,87)55-22-24-58(60(39-55)79(84)85)71-41-46-13-12-32-75(43-46)31-10-8-6-4-3-5-7-9-14-48-15-11-16-51-45-78(67(83)63(48)51)59-25-26-62(80)73-66(59)82/h11,15-24,28,30,37-39,42,46,59,71H,3-8,10,12-13,25-27,29,31-36,40-41,43-45H2,1-2H3,(H,70,72)(H,74,81)(H,73,80,82). The van der Waals surface area contributed by atoms with Gasteiger partial charge in [0.15, 0.2) is 0 Å². The molecule has 4 amide bonds. The topological polar surface area (TPSA) is 233 Å². The Balaban J connectivity index is 0.652. The highest BCUT2D eigenvalue weighted by Crippen LogP contribution is 2.44. The number of piperazine rings is 1. The molecule has 3 saturated heterocycles. The fourth-order valence-corrected chi connectivity index (χ4v) is 14.2. The number of likely N-dealkylation sites (tertiary alicyclic amines) is 1. The van der Waals surface area contributed by atoms with Crippen molar-refractivity contribution in [2.24, 2.45) is 11.3 Å². The van der Waals surface area contributed by atoms with Crippen LogP contribution in [0.5, 0.6) is 11.5 Å². The van der Waals surface area contributed by atoms with Crippen LogP contribution in [0.3, 0.4) is 0 Å². The molecule has 466 valence electrons. The predicted molar refractivity (Wildman–Crippen MR) is 344 cm³/mol. The number of halogens is 1. The smallest absolute Gasteiger partial charge is 0.293 e. The number of allylic oxidation sites excluding steroid dienone is 1. The molecule has 0 bridgehead atoms. The van der Waals surface area contributed by atoms with Gasteiger partial charge < -0.3 is 29.7 Å². The molecular formula is C68H77ClN10O9S. The van der Waals surface area contributed by atoms with E-state index in [4.69, 9.17) is 16.3 Å². The number of imide groups is 1. The minimum Gasteiger partial charge on any atom is -0.455 e. The van der Waals surface area contributed by atoms with Gasteiger partial charge in [-0.05, 0) is 147 Å². The van der Waals surface area contributed by atoms with Crippen LogP contribution in [-0.4, -0.2) is 127 Å². The summed E-state index contributed by atoms with van der Waals surface area (Å²) in [5.74, 6) is 5.23. The van der Waals surface area contributed by atoms with Crippen LogP contribution in [0.1, 0.15) is 141 Å². The highest BCUT2D eigenvalue weighted by atomic mass is 35.5. The van der Waals surface area contributed by atoms with Gasteiger partial charge in [-0.15, -0.1) is 0 Å². The zero-order chi connectivity index (χ0) is 62.2. The van der Waals surface area contributed by atoms with Crippen molar-refractivity contribution < 1.29 is 37.3 Å². The van der Waals surface area contributed by atoms with Gasteiger partial charge >= 0.3 is 0 Å². The number of nitro groups is 1. The quantitative estimate of drug-likeness (QED) is 0.0163. The van der Waals surface area contributed by atoms with Gasteiger partial charge in [0, 0.05) is 105 Å². The molecule has 6 aromatic rings. The first-order chi connectivity index (χ1) is 42.9. The predicted octanol–water partition coefficient (Wildman–Crippen LogP) is 11.5. The maximum absolute atomic E-state index is 14.2. The lowest BCUT2D eigenvalue weighted by molar-refractivity contribution is -0.384. The van der Waals surface area contributed by atoms with Crippen molar-refractivity contribution in [3.63, 3.8) is 0 Å². The van der Waals surface area contributed by atoms with Crippen LogP contribution >= 0.6 is 11.6 Å². The van der Waals surface area contributed by atoms with Crippen LogP contribution in [0.2, 0.25) is 5.02 Å². The number of unbranched alkanes of at least 4 members (excludes halogenated alkanes) is 6. The van der Waals surface area contributed by atoms with E-state index >= 15 is 0 Å². The van der Waals surface area contributed by atoms with E-state index < -0.39 is 43.4 Å². The Kier molecular flexibility index (Phi) is 19.5. The number of carbonyl (C=O) groups excluding carboxylic acids is 4. The van der Waals surface area contributed by atoms with Crippen molar-refractivity contribution in [2.45, 2.75) is 121 Å². The van der Waals surface area contributed by atoms with E-state index in [1.54, 1.807) is 35.4 Å². The van der Waals surface area contributed by atoms with Crippen molar-refractivity contribution in [1.29, 1.82) is 0 Å². The molecule has 6 heterocycles. The number of hydrogen-bond acceptors (Lipinski definition) is 14. The monoisotopic (exact) mass is 1240 g/mol. The van der Waals surface area contributed by atoms with E-state index in [-0.39, 0.29) is 46.6 Å². The molecule has 21 heteroatoms. The van der Waals surface area contributed by atoms with Gasteiger partial charge in [0.2, 0.25) is 11.8 Å². The number of amides is 4. The number of H-pyrrole nitrogens is 1. The third-order valence-corrected chi connectivity index (χ3v) is 19.6. The summed E-state index contributed by atoms with van der Waals surface area (Å²) in [6, 6.07) is 25.5. The van der Waals surface area contributed by atoms with Crippen molar-refractivity contribution in [2.75, 3.05) is 69.1 Å². The zero-order valence-corrected chi connectivity index (χ0v) is 52.2. The number of sulfonamides is 1. The minimum absolute atomic E-state index is 0.0476. The van der Waals surface area contributed by atoms with Gasteiger partial charge in [0.25, 0.3) is 27.5 Å². The van der Waals surface area contributed by atoms with E-state index in [9.17, 15) is 37.7 Å². The number of nitro benzene ring substituents is 1. The number of fused-ring (bicyclic) bond motifs is 2. The SMILES string of the molecule is CC1(C)CCC(CN2CCN(c3ccc(C(=O)NS(=O)(=O)c4ccc(NCC5CCCN(CCCCCCCCC#Cc6cccc7c6C(=O)N(C6CCC(=O)NC6=O)C7)C5)c([N+](=O)[O-])c4)c(Oc4cnc5[nH]ccc5c4)c3)CC2)=C(c2ccc(Cl)cc2)C1. The first-order valence-corrected chi connectivity index (χ1v) is 33.1. The highest BCUT2D eigenvalue weighted by molar-refractivity contribution is 7.90. The molecule has 89 heavy (non-hydrogen) atoms. The van der Waals surface area contributed by atoms with Gasteiger partial charge in [-0.25, -0.2) is 18.1 Å². The second-order valence-corrected chi connectivity index (χ2v) is 27.2. The molecule has 3 fully saturated rings. The molecule has 11 rings (SSSR count). The number of hydrogen-bond donors (Lipinski definition) is 4. The third kappa shape index (κ3) is 15.3. The molecule has 4 aromatic carbocycles. The van der Waals surface area contributed by atoms with Gasteiger partial charge in [-0.2, -0.15) is 0 Å². The van der Waals surface area contributed by atoms with Gasteiger partial charge in [0.1, 0.15) is 28.9 Å². The lowest BCUT2D eigenvalue weighted by Gasteiger charge is -2.39. The zero-order valence-electron chi connectivity index (χ0n) is 50.6. The van der Waals surface area contributed by atoms with Crippen LogP contribution in [0.4, 0.5) is 17.1 Å². The fraction of sp³-hybridized carbons (Fsp3) is 0.426. The summed E-state index contributed by atoms with van der Waals surface area (Å²) in [5, 5.41) is 19.6. The number of aromatic amines is 1. The van der Waals surface area contributed by atoms with Crippen LogP contribution in [0.15, 0.2) is 114 Å². The Labute approximate surface area is 525 Å². The molecular weight excluding hydrogens is 1170 g/mol. The van der Waals surface area contributed by atoms with E-state index in [1.807, 2.05) is 36.4 Å². The lowest BCUT2D eigenvalue weighted by atomic mass is 9.72. The Hall–Kier alpha value is -8.09. The van der Waals surface area contributed by atoms with E-state index in [2.05, 4.69) is 77.8 Å². The van der Waals surface area contributed by atoms with E-state index in [0.29, 0.717) is 55.1 Å². The average Bonchev–Trinajstić information content (AvgIpc) is 4.27. The maximum Gasteiger partial charge on any atom is 0.293 e. The minimum atomic E-state index is -4.62.